The minimum atomic E-state index is -0.220. The molecule has 0 atom stereocenters. The number of aromatic nitrogens is 4. The van der Waals surface area contributed by atoms with Gasteiger partial charge in [0, 0.05) is 48.5 Å². The Kier molecular flexibility index (Phi) is 6.39. The standard InChI is InChI=1S/C24H27N5O3/c1-16-13-26-14-17(2)22(16)27-19-12-21(30)28-23-18(19)6-7-20(31-3)24(23)32-11-5-4-9-29-10-8-25-15-29/h6-8,10,12-15H,4-5,9,11H2,1-3H3,(H2,26,27,28,30). The molecule has 8 nitrogen and oxygen atoms in total. The summed E-state index contributed by atoms with van der Waals surface area (Å²) < 4.78 is 13.7. The fourth-order valence-corrected chi connectivity index (χ4v) is 3.71. The number of hydrogen-bond acceptors (Lipinski definition) is 6. The molecule has 0 saturated heterocycles. The van der Waals surface area contributed by atoms with Crippen LogP contribution in [0.25, 0.3) is 10.9 Å². The number of fused-ring (bicyclic) bond motifs is 1. The third kappa shape index (κ3) is 4.59. The fourth-order valence-electron chi connectivity index (χ4n) is 3.71. The molecule has 1 aromatic carbocycles. The van der Waals surface area contributed by atoms with E-state index in [9.17, 15) is 4.79 Å². The van der Waals surface area contributed by atoms with Crippen LogP contribution >= 0.6 is 0 Å². The molecule has 0 aliphatic rings. The molecule has 0 saturated carbocycles. The van der Waals surface area contributed by atoms with Gasteiger partial charge in [0.05, 0.1) is 31.2 Å². The first kappa shape index (κ1) is 21.4. The third-order valence-corrected chi connectivity index (χ3v) is 5.36. The summed E-state index contributed by atoms with van der Waals surface area (Å²) in [5.74, 6) is 1.12. The number of ether oxygens (including phenoxy) is 2. The second-order valence-electron chi connectivity index (χ2n) is 7.70. The fraction of sp³-hybridized carbons (Fsp3) is 0.292. The van der Waals surface area contributed by atoms with Crippen molar-refractivity contribution in [1.29, 1.82) is 0 Å². The first-order valence-electron chi connectivity index (χ1n) is 10.6. The molecular weight excluding hydrogens is 406 g/mol. The Bertz CT molecular complexity index is 1240. The molecule has 3 heterocycles. The number of hydrogen-bond donors (Lipinski definition) is 2. The van der Waals surface area contributed by atoms with Gasteiger partial charge in [-0.1, -0.05) is 0 Å². The second kappa shape index (κ2) is 9.55. The van der Waals surface area contributed by atoms with E-state index in [-0.39, 0.29) is 5.56 Å². The molecule has 8 heteroatoms. The number of nitrogens with one attached hydrogen (secondary N) is 2. The van der Waals surface area contributed by atoms with E-state index in [0.29, 0.717) is 29.3 Å². The predicted molar refractivity (Wildman–Crippen MR) is 125 cm³/mol. The molecule has 0 bridgehead atoms. The van der Waals surface area contributed by atoms with Gasteiger partial charge >= 0.3 is 0 Å². The van der Waals surface area contributed by atoms with Crippen LogP contribution in [0.15, 0.2) is 54.1 Å². The van der Waals surface area contributed by atoms with Gasteiger partial charge in [-0.15, -0.1) is 0 Å². The van der Waals surface area contributed by atoms with E-state index in [2.05, 4.69) is 20.3 Å². The summed E-state index contributed by atoms with van der Waals surface area (Å²) in [5, 5.41) is 4.26. The van der Waals surface area contributed by atoms with Crippen molar-refractivity contribution >= 4 is 22.3 Å². The molecule has 0 aliphatic heterocycles. The number of anilines is 2. The number of benzene rings is 1. The van der Waals surface area contributed by atoms with E-state index in [0.717, 1.165) is 41.6 Å². The van der Waals surface area contributed by atoms with Gasteiger partial charge in [0.25, 0.3) is 5.56 Å². The van der Waals surface area contributed by atoms with Crippen molar-refractivity contribution in [2.75, 3.05) is 19.0 Å². The van der Waals surface area contributed by atoms with E-state index in [1.54, 1.807) is 38.1 Å². The Morgan fingerprint density at radius 3 is 2.66 bits per heavy atom. The number of pyridine rings is 2. The minimum absolute atomic E-state index is 0.220. The van der Waals surface area contributed by atoms with Gasteiger partial charge < -0.3 is 24.3 Å². The van der Waals surface area contributed by atoms with E-state index >= 15 is 0 Å². The van der Waals surface area contributed by atoms with Crippen LogP contribution in [0, 0.1) is 13.8 Å². The van der Waals surface area contributed by atoms with Gasteiger partial charge in [-0.25, -0.2) is 4.98 Å². The highest BCUT2D eigenvalue weighted by atomic mass is 16.5. The lowest BCUT2D eigenvalue weighted by Gasteiger charge is -2.17. The summed E-state index contributed by atoms with van der Waals surface area (Å²) in [6.07, 6.45) is 10.9. The highest BCUT2D eigenvalue weighted by Crippen LogP contribution is 2.37. The van der Waals surface area contributed by atoms with Crippen LogP contribution in [0.4, 0.5) is 11.4 Å². The average Bonchev–Trinajstić information content (AvgIpc) is 3.29. The number of aryl methyl sites for hydroxylation is 3. The molecule has 0 unspecified atom stereocenters. The molecule has 0 aliphatic carbocycles. The molecule has 0 amide bonds. The minimum Gasteiger partial charge on any atom is -0.493 e. The maximum absolute atomic E-state index is 12.5. The van der Waals surface area contributed by atoms with Crippen molar-refractivity contribution < 1.29 is 9.47 Å². The van der Waals surface area contributed by atoms with E-state index in [4.69, 9.17) is 9.47 Å². The molecule has 4 rings (SSSR count). The Morgan fingerprint density at radius 1 is 1.12 bits per heavy atom. The number of H-pyrrole nitrogens is 1. The Hall–Kier alpha value is -3.81. The zero-order valence-electron chi connectivity index (χ0n) is 18.5. The summed E-state index contributed by atoms with van der Waals surface area (Å²) in [6, 6.07) is 5.34. The van der Waals surface area contributed by atoms with Crippen LogP contribution < -0.4 is 20.3 Å². The highest BCUT2D eigenvalue weighted by Gasteiger charge is 2.15. The first-order valence-corrected chi connectivity index (χ1v) is 10.6. The van der Waals surface area contributed by atoms with Crippen molar-refractivity contribution in [3.63, 3.8) is 0 Å². The molecule has 2 N–H and O–H groups in total. The SMILES string of the molecule is COc1ccc2c(Nc3c(C)cncc3C)cc(=O)[nH]c2c1OCCCCn1ccnc1. The highest BCUT2D eigenvalue weighted by molar-refractivity contribution is 5.97. The number of imidazole rings is 1. The van der Waals surface area contributed by atoms with Gasteiger partial charge in [-0.2, -0.15) is 0 Å². The van der Waals surface area contributed by atoms with Gasteiger partial charge in [-0.3, -0.25) is 9.78 Å². The molecule has 0 spiro atoms. The maximum atomic E-state index is 12.5. The zero-order chi connectivity index (χ0) is 22.5. The third-order valence-electron chi connectivity index (χ3n) is 5.36. The van der Waals surface area contributed by atoms with Crippen LogP contribution in [-0.2, 0) is 6.54 Å². The van der Waals surface area contributed by atoms with E-state index in [1.807, 2.05) is 36.7 Å². The Labute approximate surface area is 186 Å². The molecule has 166 valence electrons. The summed E-state index contributed by atoms with van der Waals surface area (Å²) in [6.45, 7) is 5.36. The van der Waals surface area contributed by atoms with Crippen molar-refractivity contribution in [3.05, 3.63) is 70.8 Å². The van der Waals surface area contributed by atoms with Crippen molar-refractivity contribution in [2.24, 2.45) is 0 Å². The Balaban J connectivity index is 1.61. The normalized spacial score (nSPS) is 11.0. The van der Waals surface area contributed by atoms with Crippen LogP contribution in [-0.4, -0.2) is 33.2 Å². The van der Waals surface area contributed by atoms with E-state index in [1.165, 1.54) is 0 Å². The van der Waals surface area contributed by atoms with Crippen molar-refractivity contribution in [3.8, 4) is 11.5 Å². The number of aromatic amines is 1. The molecule has 0 radical (unpaired) electrons. The first-order chi connectivity index (χ1) is 15.6. The van der Waals surface area contributed by atoms with Gasteiger partial charge in [0.2, 0.25) is 0 Å². The maximum Gasteiger partial charge on any atom is 0.250 e. The summed E-state index contributed by atoms with van der Waals surface area (Å²) in [5.41, 5.74) is 4.03. The van der Waals surface area contributed by atoms with Crippen LogP contribution in [0.5, 0.6) is 11.5 Å². The second-order valence-corrected chi connectivity index (χ2v) is 7.70. The predicted octanol–water partition coefficient (Wildman–Crippen LogP) is 4.35. The smallest absolute Gasteiger partial charge is 0.250 e. The van der Waals surface area contributed by atoms with E-state index < -0.39 is 0 Å². The van der Waals surface area contributed by atoms with Gasteiger partial charge in [0.15, 0.2) is 11.5 Å². The lowest BCUT2D eigenvalue weighted by Crippen LogP contribution is -2.10. The zero-order valence-corrected chi connectivity index (χ0v) is 18.5. The number of methoxy groups -OCH3 is 1. The molecular formula is C24H27N5O3. The Morgan fingerprint density at radius 2 is 1.94 bits per heavy atom. The van der Waals surface area contributed by atoms with Gasteiger partial charge in [-0.05, 0) is 49.9 Å². The lowest BCUT2D eigenvalue weighted by atomic mass is 10.1. The van der Waals surface area contributed by atoms with Crippen LogP contribution in [0.2, 0.25) is 0 Å². The molecule has 3 aromatic heterocycles. The molecule has 0 fully saturated rings. The topological polar surface area (TPSA) is 94.1 Å². The average molecular weight is 434 g/mol. The number of unbranched alkanes of at least 4 members (excludes halogenated alkanes) is 1. The number of nitrogens with zero attached hydrogens (tertiary/aromatic N) is 3. The summed E-state index contributed by atoms with van der Waals surface area (Å²) in [4.78, 5) is 23.7. The largest absolute Gasteiger partial charge is 0.493 e. The molecule has 32 heavy (non-hydrogen) atoms. The van der Waals surface area contributed by atoms with Crippen LogP contribution in [0.3, 0.4) is 0 Å². The summed E-state index contributed by atoms with van der Waals surface area (Å²) in [7, 11) is 1.59. The summed E-state index contributed by atoms with van der Waals surface area (Å²) >= 11 is 0. The lowest BCUT2D eigenvalue weighted by molar-refractivity contribution is 0.287. The van der Waals surface area contributed by atoms with Gasteiger partial charge in [0.1, 0.15) is 0 Å². The van der Waals surface area contributed by atoms with Crippen molar-refractivity contribution in [2.45, 2.75) is 33.2 Å². The quantitative estimate of drug-likeness (QED) is 0.381. The van der Waals surface area contributed by atoms with Crippen LogP contribution in [0.1, 0.15) is 24.0 Å². The number of rotatable bonds is 9. The molecule has 4 aromatic rings. The van der Waals surface area contributed by atoms with Crippen molar-refractivity contribution in [1.82, 2.24) is 19.5 Å². The monoisotopic (exact) mass is 433 g/mol.